The molecule has 2 saturated carbocycles. The Balaban J connectivity index is 1.73. The standard InChI is InChI=1S/C12H21NO/c14-12-9-3-5-10(12)11(6-4-9)13-7-1-2-8-13/h9-12,14H,1-8H2/t9-,10+,11+,12-/m0/s1. The van der Waals surface area contributed by atoms with Crippen LogP contribution in [0.25, 0.3) is 0 Å². The Labute approximate surface area is 86.3 Å². The Morgan fingerprint density at radius 1 is 0.929 bits per heavy atom. The van der Waals surface area contributed by atoms with Gasteiger partial charge < -0.3 is 10.0 Å². The van der Waals surface area contributed by atoms with E-state index in [2.05, 4.69) is 4.90 Å². The normalized spacial score (nSPS) is 48.6. The first-order valence-corrected chi connectivity index (χ1v) is 6.28. The molecule has 4 atom stereocenters. The molecule has 2 bridgehead atoms. The molecule has 3 fully saturated rings. The fourth-order valence-corrected chi connectivity index (χ4v) is 3.96. The van der Waals surface area contributed by atoms with Gasteiger partial charge in [0.15, 0.2) is 0 Å². The SMILES string of the molecule is O[C@H]1[C@H]2CC[C@@H]1[C@H](N1CCCC1)CC2. The van der Waals surface area contributed by atoms with E-state index >= 15 is 0 Å². The van der Waals surface area contributed by atoms with Gasteiger partial charge in [-0.15, -0.1) is 0 Å². The zero-order valence-corrected chi connectivity index (χ0v) is 8.86. The van der Waals surface area contributed by atoms with Crippen molar-refractivity contribution in [2.45, 2.75) is 50.7 Å². The second-order valence-electron chi connectivity index (χ2n) is 5.38. The summed E-state index contributed by atoms with van der Waals surface area (Å²) in [7, 11) is 0. The van der Waals surface area contributed by atoms with Gasteiger partial charge in [0.25, 0.3) is 0 Å². The molecule has 0 aromatic carbocycles. The highest BCUT2D eigenvalue weighted by atomic mass is 16.3. The highest BCUT2D eigenvalue weighted by Crippen LogP contribution is 2.44. The summed E-state index contributed by atoms with van der Waals surface area (Å²) >= 11 is 0. The number of likely N-dealkylation sites (tertiary alicyclic amines) is 1. The van der Waals surface area contributed by atoms with Crippen LogP contribution in [-0.4, -0.2) is 35.2 Å². The molecule has 2 nitrogen and oxygen atoms in total. The number of nitrogens with zero attached hydrogens (tertiary/aromatic N) is 1. The molecule has 0 unspecified atom stereocenters. The zero-order valence-electron chi connectivity index (χ0n) is 8.86. The average molecular weight is 195 g/mol. The molecule has 0 amide bonds. The van der Waals surface area contributed by atoms with Crippen LogP contribution < -0.4 is 0 Å². The third-order valence-electron chi connectivity index (χ3n) is 4.73. The van der Waals surface area contributed by atoms with E-state index < -0.39 is 0 Å². The molecule has 3 aliphatic rings. The Morgan fingerprint density at radius 2 is 1.64 bits per heavy atom. The maximum Gasteiger partial charge on any atom is 0.0611 e. The first kappa shape index (κ1) is 9.17. The lowest BCUT2D eigenvalue weighted by Gasteiger charge is -2.39. The minimum Gasteiger partial charge on any atom is -0.392 e. The van der Waals surface area contributed by atoms with Gasteiger partial charge in [-0.25, -0.2) is 0 Å². The second-order valence-corrected chi connectivity index (χ2v) is 5.38. The summed E-state index contributed by atoms with van der Waals surface area (Å²) in [5.74, 6) is 1.27. The molecule has 0 radical (unpaired) electrons. The highest BCUT2D eigenvalue weighted by molar-refractivity contribution is 4.98. The largest absolute Gasteiger partial charge is 0.392 e. The summed E-state index contributed by atoms with van der Waals surface area (Å²) in [6.07, 6.45) is 7.99. The minimum atomic E-state index is 0.0364. The number of aliphatic hydroxyl groups excluding tert-OH is 1. The van der Waals surface area contributed by atoms with E-state index in [-0.39, 0.29) is 6.10 Å². The van der Waals surface area contributed by atoms with Crippen molar-refractivity contribution in [3.63, 3.8) is 0 Å². The van der Waals surface area contributed by atoms with Gasteiger partial charge in [0.1, 0.15) is 0 Å². The van der Waals surface area contributed by atoms with E-state index in [9.17, 15) is 5.11 Å². The van der Waals surface area contributed by atoms with Gasteiger partial charge in [0.2, 0.25) is 0 Å². The maximum absolute atomic E-state index is 10.1. The molecule has 80 valence electrons. The van der Waals surface area contributed by atoms with Gasteiger partial charge >= 0.3 is 0 Å². The van der Waals surface area contributed by atoms with Crippen LogP contribution >= 0.6 is 0 Å². The number of hydrogen-bond acceptors (Lipinski definition) is 2. The van der Waals surface area contributed by atoms with Crippen LogP contribution in [0.4, 0.5) is 0 Å². The van der Waals surface area contributed by atoms with Gasteiger partial charge in [-0.05, 0) is 57.5 Å². The molecule has 1 saturated heterocycles. The lowest BCUT2D eigenvalue weighted by atomic mass is 9.81. The Kier molecular flexibility index (Phi) is 2.29. The smallest absolute Gasteiger partial charge is 0.0611 e. The monoisotopic (exact) mass is 195 g/mol. The predicted octanol–water partition coefficient (Wildman–Crippen LogP) is 1.63. The number of aliphatic hydroxyl groups is 1. The van der Waals surface area contributed by atoms with Crippen LogP contribution in [0.1, 0.15) is 38.5 Å². The summed E-state index contributed by atoms with van der Waals surface area (Å²) in [5.41, 5.74) is 0. The topological polar surface area (TPSA) is 23.5 Å². The van der Waals surface area contributed by atoms with Gasteiger partial charge in [-0.2, -0.15) is 0 Å². The predicted molar refractivity (Wildman–Crippen MR) is 56.0 cm³/mol. The van der Waals surface area contributed by atoms with Crippen molar-refractivity contribution in [2.75, 3.05) is 13.1 Å². The molecule has 1 heterocycles. The van der Waals surface area contributed by atoms with Crippen molar-refractivity contribution < 1.29 is 5.11 Å². The number of rotatable bonds is 1. The van der Waals surface area contributed by atoms with Crippen LogP contribution in [0.5, 0.6) is 0 Å². The summed E-state index contributed by atoms with van der Waals surface area (Å²) < 4.78 is 0. The van der Waals surface area contributed by atoms with Crippen molar-refractivity contribution >= 4 is 0 Å². The Hall–Kier alpha value is -0.0800. The van der Waals surface area contributed by atoms with Gasteiger partial charge in [-0.3, -0.25) is 0 Å². The molecule has 2 aliphatic carbocycles. The molecule has 3 rings (SSSR count). The van der Waals surface area contributed by atoms with Crippen molar-refractivity contribution in [2.24, 2.45) is 11.8 Å². The maximum atomic E-state index is 10.1. The van der Waals surface area contributed by atoms with Crippen LogP contribution in [0.2, 0.25) is 0 Å². The molecular formula is C12H21NO. The first-order valence-electron chi connectivity index (χ1n) is 6.28. The van der Waals surface area contributed by atoms with Gasteiger partial charge in [0.05, 0.1) is 6.10 Å². The molecule has 0 spiro atoms. The van der Waals surface area contributed by atoms with E-state index in [0.717, 1.165) is 6.04 Å². The fraction of sp³-hybridized carbons (Fsp3) is 1.00. The van der Waals surface area contributed by atoms with Crippen LogP contribution in [0.15, 0.2) is 0 Å². The highest BCUT2D eigenvalue weighted by Gasteiger charge is 2.45. The molecule has 0 aromatic heterocycles. The lowest BCUT2D eigenvalue weighted by molar-refractivity contribution is 0.00634. The van der Waals surface area contributed by atoms with Crippen molar-refractivity contribution in [1.29, 1.82) is 0 Å². The van der Waals surface area contributed by atoms with Crippen LogP contribution in [0.3, 0.4) is 0 Å². The van der Waals surface area contributed by atoms with Crippen LogP contribution in [-0.2, 0) is 0 Å². The van der Waals surface area contributed by atoms with Crippen molar-refractivity contribution in [1.82, 2.24) is 4.90 Å². The third-order valence-corrected chi connectivity index (χ3v) is 4.73. The first-order chi connectivity index (χ1) is 6.86. The molecule has 14 heavy (non-hydrogen) atoms. The molecule has 1 N–H and O–H groups in total. The average Bonchev–Trinajstić information content (AvgIpc) is 2.76. The molecular weight excluding hydrogens is 174 g/mol. The van der Waals surface area contributed by atoms with Crippen LogP contribution in [0, 0.1) is 11.8 Å². The minimum absolute atomic E-state index is 0.0364. The van der Waals surface area contributed by atoms with E-state index in [0.29, 0.717) is 11.8 Å². The van der Waals surface area contributed by atoms with Gasteiger partial charge in [0, 0.05) is 12.0 Å². The lowest BCUT2D eigenvalue weighted by Crippen LogP contribution is -2.45. The third kappa shape index (κ3) is 1.31. The van der Waals surface area contributed by atoms with Gasteiger partial charge in [-0.1, -0.05) is 0 Å². The van der Waals surface area contributed by atoms with E-state index in [1.807, 2.05) is 0 Å². The van der Waals surface area contributed by atoms with Crippen molar-refractivity contribution in [3.8, 4) is 0 Å². The fourth-order valence-electron chi connectivity index (χ4n) is 3.96. The molecule has 1 aliphatic heterocycles. The summed E-state index contributed by atoms with van der Waals surface area (Å²) in [5, 5.41) is 10.1. The quantitative estimate of drug-likeness (QED) is 0.687. The van der Waals surface area contributed by atoms with E-state index in [4.69, 9.17) is 0 Å². The summed E-state index contributed by atoms with van der Waals surface area (Å²) in [6.45, 7) is 2.58. The number of hydrogen-bond donors (Lipinski definition) is 1. The van der Waals surface area contributed by atoms with Crippen molar-refractivity contribution in [3.05, 3.63) is 0 Å². The van der Waals surface area contributed by atoms with E-state index in [1.165, 1.54) is 51.6 Å². The molecule has 0 aromatic rings. The number of fused-ring (bicyclic) bond motifs is 2. The summed E-state index contributed by atoms with van der Waals surface area (Å²) in [6, 6.07) is 0.728. The Bertz CT molecular complexity index is 212. The molecule has 2 heteroatoms. The summed E-state index contributed by atoms with van der Waals surface area (Å²) in [4.78, 5) is 2.65. The zero-order chi connectivity index (χ0) is 9.54. The van der Waals surface area contributed by atoms with E-state index in [1.54, 1.807) is 0 Å². The second kappa shape index (κ2) is 3.49. The Morgan fingerprint density at radius 3 is 2.43 bits per heavy atom.